The zero-order chi connectivity index (χ0) is 9.97. The molecular weight excluding hydrogens is 184 g/mol. The number of amides is 2. The van der Waals surface area contributed by atoms with Crippen LogP contribution >= 0.6 is 0 Å². The van der Waals surface area contributed by atoms with Gasteiger partial charge in [0, 0.05) is 19.1 Å². The summed E-state index contributed by atoms with van der Waals surface area (Å²) in [6, 6.07) is 0.0401. The molecule has 0 radical (unpaired) electrons. The van der Waals surface area contributed by atoms with Crippen molar-refractivity contribution in [3.05, 3.63) is 0 Å². The zero-order valence-corrected chi connectivity index (χ0v) is 7.91. The Morgan fingerprint density at radius 2 is 2.21 bits per heavy atom. The summed E-state index contributed by atoms with van der Waals surface area (Å²) in [6.45, 7) is 1.42. The summed E-state index contributed by atoms with van der Waals surface area (Å²) in [5.41, 5.74) is 0. The number of hydrogen-bond donors (Lipinski definition) is 2. The van der Waals surface area contributed by atoms with Crippen molar-refractivity contribution in [2.24, 2.45) is 0 Å². The number of carbonyl (C=O) groups is 2. The summed E-state index contributed by atoms with van der Waals surface area (Å²) in [5, 5.41) is 5.52. The normalized spacial score (nSPS) is 33.1. The molecule has 2 amide bonds. The molecule has 0 saturated carbocycles. The number of nitrogens with one attached hydrogen (secondary N) is 2. The van der Waals surface area contributed by atoms with E-state index in [1.54, 1.807) is 0 Å². The van der Waals surface area contributed by atoms with E-state index >= 15 is 0 Å². The highest BCUT2D eigenvalue weighted by Gasteiger charge is 2.29. The van der Waals surface area contributed by atoms with Crippen LogP contribution in [0.3, 0.4) is 0 Å². The molecule has 0 aromatic rings. The summed E-state index contributed by atoms with van der Waals surface area (Å²) >= 11 is 0. The van der Waals surface area contributed by atoms with Crippen LogP contribution < -0.4 is 10.6 Å². The van der Waals surface area contributed by atoms with E-state index in [9.17, 15) is 9.59 Å². The molecule has 78 valence electrons. The number of hydrogen-bond acceptors (Lipinski definition) is 4. The molecule has 2 atom stereocenters. The molecule has 0 aliphatic carbocycles. The fraction of sp³-hybridized carbons (Fsp3) is 0.778. The van der Waals surface area contributed by atoms with E-state index < -0.39 is 0 Å². The van der Waals surface area contributed by atoms with Crippen LogP contribution in [0.1, 0.15) is 19.3 Å². The van der Waals surface area contributed by atoms with Crippen LogP contribution in [-0.2, 0) is 14.3 Å². The van der Waals surface area contributed by atoms with E-state index in [0.29, 0.717) is 19.4 Å². The van der Waals surface area contributed by atoms with Crippen molar-refractivity contribution in [2.45, 2.75) is 31.3 Å². The molecule has 5 heteroatoms. The van der Waals surface area contributed by atoms with Crippen LogP contribution in [0.5, 0.6) is 0 Å². The fourth-order valence-corrected chi connectivity index (χ4v) is 1.80. The third-order valence-corrected chi connectivity index (χ3v) is 2.61. The third-order valence-electron chi connectivity index (χ3n) is 2.61. The third kappa shape index (κ3) is 2.10. The predicted octanol–water partition coefficient (Wildman–Crippen LogP) is -0.830. The number of ether oxygens (including phenoxy) is 1. The summed E-state index contributed by atoms with van der Waals surface area (Å²) in [6.07, 6.45) is 1.97. The van der Waals surface area contributed by atoms with Crippen molar-refractivity contribution < 1.29 is 14.3 Å². The van der Waals surface area contributed by atoms with Crippen LogP contribution in [0.2, 0.25) is 0 Å². The summed E-state index contributed by atoms with van der Waals surface area (Å²) in [4.78, 5) is 22.2. The van der Waals surface area contributed by atoms with Crippen LogP contribution in [-0.4, -0.2) is 37.1 Å². The molecule has 2 N–H and O–H groups in total. The first-order chi connectivity index (χ1) is 6.75. The van der Waals surface area contributed by atoms with Crippen molar-refractivity contribution in [2.75, 3.05) is 13.2 Å². The molecule has 2 aliphatic rings. The topological polar surface area (TPSA) is 67.4 Å². The molecule has 2 saturated heterocycles. The van der Waals surface area contributed by atoms with Gasteiger partial charge in [-0.05, 0) is 12.8 Å². The smallest absolute Gasteiger partial charge is 0.243 e. The lowest BCUT2D eigenvalue weighted by atomic mass is 10.0. The summed E-state index contributed by atoms with van der Waals surface area (Å²) in [7, 11) is 0. The van der Waals surface area contributed by atoms with Gasteiger partial charge in [0.15, 0.2) is 0 Å². The van der Waals surface area contributed by atoms with Crippen molar-refractivity contribution >= 4 is 11.8 Å². The van der Waals surface area contributed by atoms with Gasteiger partial charge in [0.1, 0.15) is 0 Å². The quantitative estimate of drug-likeness (QED) is 0.568. The maximum Gasteiger partial charge on any atom is 0.243 e. The second-order valence-corrected chi connectivity index (χ2v) is 3.73. The van der Waals surface area contributed by atoms with Crippen LogP contribution in [0, 0.1) is 0 Å². The Hall–Kier alpha value is -0.940. The van der Waals surface area contributed by atoms with Crippen LogP contribution in [0.4, 0.5) is 0 Å². The molecule has 5 nitrogen and oxygen atoms in total. The molecule has 2 aliphatic heterocycles. The van der Waals surface area contributed by atoms with E-state index in [1.165, 1.54) is 0 Å². The summed E-state index contributed by atoms with van der Waals surface area (Å²) in [5.74, 6) is -0.371. The lowest BCUT2D eigenvalue weighted by molar-refractivity contribution is -0.134. The second kappa shape index (κ2) is 4.06. The first-order valence-corrected chi connectivity index (χ1v) is 4.93. The Balaban J connectivity index is 1.85. The van der Waals surface area contributed by atoms with E-state index in [1.807, 2.05) is 0 Å². The maximum atomic E-state index is 11.4. The second-order valence-electron chi connectivity index (χ2n) is 3.73. The zero-order valence-electron chi connectivity index (χ0n) is 7.91. The number of rotatable bonds is 2. The van der Waals surface area contributed by atoms with Crippen molar-refractivity contribution in [1.29, 1.82) is 0 Å². The number of piperidine rings is 1. The van der Waals surface area contributed by atoms with Crippen molar-refractivity contribution in [1.82, 2.24) is 10.6 Å². The first-order valence-electron chi connectivity index (χ1n) is 4.93. The minimum atomic E-state index is -0.223. The van der Waals surface area contributed by atoms with Gasteiger partial charge in [-0.25, -0.2) is 0 Å². The average molecular weight is 198 g/mol. The van der Waals surface area contributed by atoms with Gasteiger partial charge in [-0.2, -0.15) is 0 Å². The van der Waals surface area contributed by atoms with Crippen molar-refractivity contribution in [3.63, 3.8) is 0 Å². The van der Waals surface area contributed by atoms with Gasteiger partial charge < -0.3 is 10.1 Å². The average Bonchev–Trinajstić information content (AvgIpc) is 2.62. The SMILES string of the molecule is O=C1CCC(NC2CCOC2)C(=O)N1. The molecule has 0 aromatic heterocycles. The minimum Gasteiger partial charge on any atom is -0.380 e. The summed E-state index contributed by atoms with van der Waals surface area (Å²) < 4.78 is 5.19. The molecule has 2 heterocycles. The predicted molar refractivity (Wildman–Crippen MR) is 48.5 cm³/mol. The van der Waals surface area contributed by atoms with Gasteiger partial charge in [0.25, 0.3) is 0 Å². The number of imide groups is 1. The maximum absolute atomic E-state index is 11.4. The standard InChI is InChI=1S/C9H14N2O3/c12-8-2-1-7(9(13)11-8)10-6-3-4-14-5-6/h6-7,10H,1-5H2,(H,11,12,13). The Morgan fingerprint density at radius 3 is 2.86 bits per heavy atom. The van der Waals surface area contributed by atoms with E-state index in [-0.39, 0.29) is 23.9 Å². The van der Waals surface area contributed by atoms with E-state index in [2.05, 4.69) is 10.6 Å². The molecule has 2 rings (SSSR count). The van der Waals surface area contributed by atoms with Gasteiger partial charge >= 0.3 is 0 Å². The van der Waals surface area contributed by atoms with Gasteiger partial charge in [0.2, 0.25) is 11.8 Å². The minimum absolute atomic E-state index is 0.171. The Kier molecular flexibility index (Phi) is 2.79. The largest absolute Gasteiger partial charge is 0.380 e. The van der Waals surface area contributed by atoms with Crippen molar-refractivity contribution in [3.8, 4) is 0 Å². The molecule has 0 bridgehead atoms. The Bertz CT molecular complexity index is 248. The first kappa shape index (κ1) is 9.61. The van der Waals surface area contributed by atoms with Crippen LogP contribution in [0.25, 0.3) is 0 Å². The molecule has 0 spiro atoms. The molecule has 2 fully saturated rings. The Labute approximate surface area is 82.2 Å². The van der Waals surface area contributed by atoms with Crippen LogP contribution in [0.15, 0.2) is 0 Å². The van der Waals surface area contributed by atoms with E-state index in [0.717, 1.165) is 13.0 Å². The van der Waals surface area contributed by atoms with Gasteiger partial charge in [0.05, 0.1) is 12.6 Å². The van der Waals surface area contributed by atoms with Gasteiger partial charge in [-0.1, -0.05) is 0 Å². The number of carbonyl (C=O) groups excluding carboxylic acids is 2. The highest BCUT2D eigenvalue weighted by Crippen LogP contribution is 2.09. The lowest BCUT2D eigenvalue weighted by Gasteiger charge is -2.24. The molecule has 14 heavy (non-hydrogen) atoms. The molecular formula is C9H14N2O3. The molecule has 2 unspecified atom stereocenters. The van der Waals surface area contributed by atoms with Gasteiger partial charge in [-0.3, -0.25) is 14.9 Å². The molecule has 0 aromatic carbocycles. The van der Waals surface area contributed by atoms with E-state index in [4.69, 9.17) is 4.74 Å². The highest BCUT2D eigenvalue weighted by molar-refractivity contribution is 6.00. The highest BCUT2D eigenvalue weighted by atomic mass is 16.5. The van der Waals surface area contributed by atoms with Gasteiger partial charge in [-0.15, -0.1) is 0 Å². The lowest BCUT2D eigenvalue weighted by Crippen LogP contribution is -2.53. The monoisotopic (exact) mass is 198 g/mol. The fourth-order valence-electron chi connectivity index (χ4n) is 1.80. The Morgan fingerprint density at radius 1 is 1.36 bits per heavy atom.